The van der Waals surface area contributed by atoms with Gasteiger partial charge in [0.1, 0.15) is 28.2 Å². The lowest BCUT2D eigenvalue weighted by Gasteiger charge is -2.08. The molecule has 0 atom stereocenters. The Bertz CT molecular complexity index is 1220. The van der Waals surface area contributed by atoms with E-state index < -0.39 is 10.8 Å². The molecule has 7 nitrogen and oxygen atoms in total. The number of benzene rings is 2. The Kier molecular flexibility index (Phi) is 6.00. The molecule has 8 heteroatoms. The summed E-state index contributed by atoms with van der Waals surface area (Å²) in [5.41, 5.74) is 2.62. The van der Waals surface area contributed by atoms with Gasteiger partial charge in [0.15, 0.2) is 0 Å². The number of rotatable bonds is 5. The summed E-state index contributed by atoms with van der Waals surface area (Å²) in [4.78, 5) is 23.0. The molecule has 1 aromatic heterocycles. The molecule has 0 unspecified atom stereocenters. The fraction of sp³-hybridized carbons (Fsp3) is 0.0909. The second-order valence-corrected chi connectivity index (χ2v) is 6.97. The third-order valence-corrected chi connectivity index (χ3v) is 4.66. The average Bonchev–Trinajstić information content (AvgIpc) is 3.17. The smallest absolute Gasteiger partial charge is 0.288 e. The second kappa shape index (κ2) is 8.64. The van der Waals surface area contributed by atoms with Crippen molar-refractivity contribution in [3.05, 3.63) is 86.1 Å². The topological polar surface area (TPSA) is 109 Å². The summed E-state index contributed by atoms with van der Waals surface area (Å²) in [7, 11) is 0. The van der Waals surface area contributed by atoms with Crippen molar-refractivity contribution in [1.29, 1.82) is 5.26 Å². The number of halogens is 1. The molecular formula is C22H16ClN3O4. The van der Waals surface area contributed by atoms with Gasteiger partial charge in [0.05, 0.1) is 4.92 Å². The highest BCUT2D eigenvalue weighted by Crippen LogP contribution is 2.31. The quantitative estimate of drug-likeness (QED) is 0.247. The summed E-state index contributed by atoms with van der Waals surface area (Å²) in [5, 5.41) is 23.2. The number of nitrogens with zero attached hydrogens (tertiary/aromatic N) is 2. The van der Waals surface area contributed by atoms with Gasteiger partial charge in [-0.25, -0.2) is 0 Å². The van der Waals surface area contributed by atoms with Crippen LogP contribution in [0.2, 0.25) is 5.02 Å². The maximum absolute atomic E-state index is 12.5. The predicted octanol–water partition coefficient (Wildman–Crippen LogP) is 5.67. The molecule has 0 bridgehead atoms. The molecule has 0 aliphatic rings. The van der Waals surface area contributed by atoms with Crippen LogP contribution in [0.25, 0.3) is 17.4 Å². The van der Waals surface area contributed by atoms with Gasteiger partial charge in [-0.05, 0) is 49.7 Å². The summed E-state index contributed by atoms with van der Waals surface area (Å²) < 4.78 is 5.64. The largest absolute Gasteiger partial charge is 0.457 e. The number of nitro benzene ring substituents is 1. The van der Waals surface area contributed by atoms with Crippen molar-refractivity contribution in [3.8, 4) is 17.4 Å². The first-order valence-corrected chi connectivity index (χ1v) is 9.21. The molecule has 150 valence electrons. The van der Waals surface area contributed by atoms with Crippen molar-refractivity contribution in [2.75, 3.05) is 5.32 Å². The molecule has 0 saturated heterocycles. The molecule has 1 amide bonds. The number of aryl methyl sites for hydroxylation is 2. The lowest BCUT2D eigenvalue weighted by Crippen LogP contribution is -2.14. The van der Waals surface area contributed by atoms with Crippen LogP contribution in [0.4, 0.5) is 11.4 Å². The van der Waals surface area contributed by atoms with Crippen LogP contribution in [-0.2, 0) is 4.79 Å². The molecular weight excluding hydrogens is 406 g/mol. The van der Waals surface area contributed by atoms with Gasteiger partial charge in [0.25, 0.3) is 11.6 Å². The highest BCUT2D eigenvalue weighted by molar-refractivity contribution is 6.32. The number of anilines is 1. The first-order valence-electron chi connectivity index (χ1n) is 8.83. The Balaban J connectivity index is 1.85. The predicted molar refractivity (Wildman–Crippen MR) is 114 cm³/mol. The van der Waals surface area contributed by atoms with Crippen molar-refractivity contribution in [2.24, 2.45) is 0 Å². The number of carbonyl (C=O) groups excluding carboxylic acids is 1. The first-order chi connectivity index (χ1) is 14.3. The fourth-order valence-electron chi connectivity index (χ4n) is 2.83. The maximum atomic E-state index is 12.5. The van der Waals surface area contributed by atoms with Crippen molar-refractivity contribution in [3.63, 3.8) is 0 Å². The van der Waals surface area contributed by atoms with Crippen LogP contribution in [0.15, 0.2) is 58.5 Å². The molecule has 0 aliphatic heterocycles. The summed E-state index contributed by atoms with van der Waals surface area (Å²) in [6.07, 6.45) is 1.31. The van der Waals surface area contributed by atoms with Crippen LogP contribution >= 0.6 is 11.6 Å². The van der Waals surface area contributed by atoms with Crippen LogP contribution < -0.4 is 5.32 Å². The zero-order valence-corrected chi connectivity index (χ0v) is 16.9. The van der Waals surface area contributed by atoms with Gasteiger partial charge in [0, 0.05) is 23.4 Å². The summed E-state index contributed by atoms with van der Waals surface area (Å²) >= 11 is 5.83. The second-order valence-electron chi connectivity index (χ2n) is 6.57. The Morgan fingerprint density at radius 1 is 1.20 bits per heavy atom. The van der Waals surface area contributed by atoms with E-state index in [4.69, 9.17) is 16.0 Å². The molecule has 3 aromatic rings. The van der Waals surface area contributed by atoms with Crippen molar-refractivity contribution < 1.29 is 14.1 Å². The van der Waals surface area contributed by atoms with Gasteiger partial charge in [0.2, 0.25) is 0 Å². The SMILES string of the molecule is Cc1ccc(NC(=O)/C(C#N)=C/c2ccc(-c3ccc(Cl)c([N+](=O)[O-])c3)o2)c(C)c1. The Morgan fingerprint density at radius 2 is 1.97 bits per heavy atom. The van der Waals surface area contributed by atoms with E-state index >= 15 is 0 Å². The van der Waals surface area contributed by atoms with E-state index in [2.05, 4.69) is 5.32 Å². The molecule has 3 rings (SSSR count). The number of nitrogens with one attached hydrogen (secondary N) is 1. The van der Waals surface area contributed by atoms with Crippen LogP contribution in [0.1, 0.15) is 16.9 Å². The number of nitro groups is 1. The lowest BCUT2D eigenvalue weighted by molar-refractivity contribution is -0.384. The van der Waals surface area contributed by atoms with Gasteiger partial charge < -0.3 is 9.73 Å². The van der Waals surface area contributed by atoms with Crippen LogP contribution in [-0.4, -0.2) is 10.8 Å². The van der Waals surface area contributed by atoms with Gasteiger partial charge >= 0.3 is 0 Å². The minimum absolute atomic E-state index is 0.0188. The zero-order valence-electron chi connectivity index (χ0n) is 16.1. The van der Waals surface area contributed by atoms with Crippen molar-refractivity contribution >= 4 is 35.0 Å². The number of hydrogen-bond acceptors (Lipinski definition) is 5. The summed E-state index contributed by atoms with van der Waals surface area (Å²) in [6.45, 7) is 3.81. The minimum Gasteiger partial charge on any atom is -0.457 e. The van der Waals surface area contributed by atoms with Gasteiger partial charge in [-0.3, -0.25) is 14.9 Å². The summed E-state index contributed by atoms with van der Waals surface area (Å²) in [5.74, 6) is 0.0348. The minimum atomic E-state index is -0.583. The lowest BCUT2D eigenvalue weighted by atomic mass is 10.1. The number of hydrogen-bond donors (Lipinski definition) is 1. The van der Waals surface area contributed by atoms with Crippen molar-refractivity contribution in [2.45, 2.75) is 13.8 Å². The zero-order chi connectivity index (χ0) is 21.8. The van der Waals surface area contributed by atoms with E-state index in [0.717, 1.165) is 11.1 Å². The average molecular weight is 422 g/mol. The summed E-state index contributed by atoms with van der Waals surface area (Å²) in [6, 6.07) is 14.9. The molecule has 30 heavy (non-hydrogen) atoms. The maximum Gasteiger partial charge on any atom is 0.288 e. The molecule has 0 saturated carbocycles. The Morgan fingerprint density at radius 3 is 2.63 bits per heavy atom. The monoisotopic (exact) mass is 421 g/mol. The Hall–Kier alpha value is -3.89. The number of carbonyl (C=O) groups is 1. The number of amides is 1. The highest BCUT2D eigenvalue weighted by atomic mass is 35.5. The molecule has 0 fully saturated rings. The highest BCUT2D eigenvalue weighted by Gasteiger charge is 2.16. The molecule has 1 heterocycles. The fourth-order valence-corrected chi connectivity index (χ4v) is 3.01. The van der Waals surface area contributed by atoms with E-state index in [1.54, 1.807) is 24.3 Å². The molecule has 0 spiro atoms. The normalized spacial score (nSPS) is 11.1. The van der Waals surface area contributed by atoms with Crippen molar-refractivity contribution in [1.82, 2.24) is 0 Å². The van der Waals surface area contributed by atoms with Crippen LogP contribution in [0.3, 0.4) is 0 Å². The van der Waals surface area contributed by atoms with Gasteiger partial charge in [-0.15, -0.1) is 0 Å². The van der Waals surface area contributed by atoms with E-state index in [0.29, 0.717) is 17.0 Å². The molecule has 0 aliphatic carbocycles. The van der Waals surface area contributed by atoms with Gasteiger partial charge in [-0.2, -0.15) is 5.26 Å². The van der Waals surface area contributed by atoms with Crippen LogP contribution in [0.5, 0.6) is 0 Å². The van der Waals surface area contributed by atoms with Gasteiger partial charge in [-0.1, -0.05) is 29.3 Å². The van der Waals surface area contributed by atoms with E-state index in [1.807, 2.05) is 32.0 Å². The Labute approximate surface area is 177 Å². The first kappa shape index (κ1) is 20.8. The third kappa shape index (κ3) is 4.57. The number of furan rings is 1. The van der Waals surface area contributed by atoms with E-state index in [-0.39, 0.29) is 22.0 Å². The standard InChI is InChI=1S/C22H16ClN3O4/c1-13-3-7-19(14(2)9-13)25-22(27)16(12-24)10-17-5-8-21(30-17)15-4-6-18(23)20(11-15)26(28)29/h3-11H,1-2H3,(H,25,27)/b16-10+. The van der Waals surface area contributed by atoms with Crippen LogP contribution in [0, 0.1) is 35.3 Å². The third-order valence-electron chi connectivity index (χ3n) is 4.34. The molecule has 1 N–H and O–H groups in total. The number of nitriles is 1. The molecule has 2 aromatic carbocycles. The van der Waals surface area contributed by atoms with E-state index in [1.165, 1.54) is 18.2 Å². The molecule has 0 radical (unpaired) electrons. The van der Waals surface area contributed by atoms with E-state index in [9.17, 15) is 20.2 Å².